The minimum absolute atomic E-state index is 0.190. The predicted molar refractivity (Wildman–Crippen MR) is 69.1 cm³/mol. The highest BCUT2D eigenvalue weighted by molar-refractivity contribution is 7.09. The number of aromatic nitrogens is 1. The van der Waals surface area contributed by atoms with Gasteiger partial charge in [0.25, 0.3) is 5.91 Å². The molecule has 1 aromatic rings. The molecular weight excluding hydrogens is 268 g/mol. The largest absolute Gasteiger partial charge is 0.481 e. The van der Waals surface area contributed by atoms with E-state index in [0.717, 1.165) is 11.4 Å². The Balaban J connectivity index is 2.03. The van der Waals surface area contributed by atoms with Crippen molar-refractivity contribution in [3.8, 4) is 0 Å². The second-order valence-electron chi connectivity index (χ2n) is 4.49. The fraction of sp³-hybridized carbons (Fsp3) is 0.583. The molecule has 1 aromatic heterocycles. The lowest BCUT2D eigenvalue weighted by Crippen LogP contribution is -2.42. The van der Waals surface area contributed by atoms with Crippen LogP contribution in [-0.4, -0.2) is 47.1 Å². The van der Waals surface area contributed by atoms with Gasteiger partial charge < -0.3 is 14.7 Å². The van der Waals surface area contributed by atoms with Gasteiger partial charge >= 0.3 is 5.97 Å². The number of aliphatic carboxylic acids is 1. The number of carboxylic acid groups (broad SMARTS) is 1. The van der Waals surface area contributed by atoms with Crippen LogP contribution < -0.4 is 0 Å². The molecule has 1 atom stereocenters. The number of carbonyl (C=O) groups excluding carboxylic acids is 1. The Morgan fingerprint density at radius 3 is 3.11 bits per heavy atom. The summed E-state index contributed by atoms with van der Waals surface area (Å²) in [5.74, 6) is -1.49. The fourth-order valence-corrected chi connectivity index (χ4v) is 2.86. The quantitative estimate of drug-likeness (QED) is 0.899. The monoisotopic (exact) mass is 284 g/mol. The van der Waals surface area contributed by atoms with E-state index in [9.17, 15) is 9.59 Å². The highest BCUT2D eigenvalue weighted by atomic mass is 32.1. The molecule has 0 radical (unpaired) electrons. The maximum atomic E-state index is 12.2. The molecule has 1 unspecified atom stereocenters. The summed E-state index contributed by atoms with van der Waals surface area (Å²) in [6.45, 7) is 1.25. The van der Waals surface area contributed by atoms with Gasteiger partial charge in [0.15, 0.2) is 0 Å². The van der Waals surface area contributed by atoms with Crippen molar-refractivity contribution in [2.45, 2.75) is 19.4 Å². The lowest BCUT2D eigenvalue weighted by molar-refractivity contribution is -0.143. The topological polar surface area (TPSA) is 79.7 Å². The molecule has 2 heterocycles. The smallest absolute Gasteiger partial charge is 0.308 e. The molecule has 0 aromatic carbocycles. The average Bonchev–Trinajstić information content (AvgIpc) is 2.87. The Hall–Kier alpha value is -1.47. The summed E-state index contributed by atoms with van der Waals surface area (Å²) in [4.78, 5) is 29.0. The van der Waals surface area contributed by atoms with E-state index in [0.29, 0.717) is 25.3 Å². The minimum Gasteiger partial charge on any atom is -0.481 e. The molecule has 1 N–H and O–H groups in total. The van der Waals surface area contributed by atoms with Gasteiger partial charge in [-0.1, -0.05) is 0 Å². The standard InChI is InChI=1S/C12H16N2O4S/c1-18-6-10-13-9(7-19-10)11(15)14-4-2-3-8(5-14)12(16)17/h7-8H,2-6H2,1H3,(H,16,17). The molecular formula is C12H16N2O4S. The Morgan fingerprint density at radius 2 is 2.42 bits per heavy atom. The molecule has 0 spiro atoms. The zero-order chi connectivity index (χ0) is 13.8. The first-order chi connectivity index (χ1) is 9.11. The number of carboxylic acids is 1. The van der Waals surface area contributed by atoms with Crippen molar-refractivity contribution in [1.82, 2.24) is 9.88 Å². The lowest BCUT2D eigenvalue weighted by atomic mass is 9.98. The van der Waals surface area contributed by atoms with Crippen LogP contribution in [0.4, 0.5) is 0 Å². The summed E-state index contributed by atoms with van der Waals surface area (Å²) < 4.78 is 4.96. The van der Waals surface area contributed by atoms with Crippen LogP contribution >= 0.6 is 11.3 Å². The number of hydrogen-bond donors (Lipinski definition) is 1. The van der Waals surface area contributed by atoms with Gasteiger partial charge in [0, 0.05) is 25.6 Å². The second-order valence-corrected chi connectivity index (χ2v) is 5.43. The van der Waals surface area contributed by atoms with E-state index >= 15 is 0 Å². The molecule has 0 aliphatic carbocycles. The zero-order valence-corrected chi connectivity index (χ0v) is 11.5. The van der Waals surface area contributed by atoms with Gasteiger partial charge in [-0.3, -0.25) is 9.59 Å². The first-order valence-electron chi connectivity index (χ1n) is 6.07. The zero-order valence-electron chi connectivity index (χ0n) is 10.7. The number of piperidine rings is 1. The summed E-state index contributed by atoms with van der Waals surface area (Å²) in [6.07, 6.45) is 1.35. The Kier molecular flexibility index (Phi) is 4.49. The third-order valence-corrected chi connectivity index (χ3v) is 3.92. The molecule has 0 saturated carbocycles. The van der Waals surface area contributed by atoms with Crippen molar-refractivity contribution in [2.75, 3.05) is 20.2 Å². The number of amides is 1. The molecule has 7 heteroatoms. The van der Waals surface area contributed by atoms with E-state index in [1.165, 1.54) is 11.3 Å². The van der Waals surface area contributed by atoms with Crippen LogP contribution in [0.3, 0.4) is 0 Å². The van der Waals surface area contributed by atoms with Crippen LogP contribution in [0.25, 0.3) is 0 Å². The molecule has 19 heavy (non-hydrogen) atoms. The van der Waals surface area contributed by atoms with Gasteiger partial charge in [0.05, 0.1) is 12.5 Å². The van der Waals surface area contributed by atoms with Crippen LogP contribution in [-0.2, 0) is 16.1 Å². The van der Waals surface area contributed by atoms with Crippen molar-refractivity contribution in [3.63, 3.8) is 0 Å². The molecule has 1 saturated heterocycles. The summed E-state index contributed by atoms with van der Waals surface area (Å²) in [5.41, 5.74) is 0.378. The van der Waals surface area contributed by atoms with Crippen molar-refractivity contribution in [2.24, 2.45) is 5.92 Å². The SMILES string of the molecule is COCc1nc(C(=O)N2CCCC(C(=O)O)C2)cs1. The Morgan fingerprint density at radius 1 is 1.63 bits per heavy atom. The molecule has 1 amide bonds. The van der Waals surface area contributed by atoms with E-state index in [-0.39, 0.29) is 12.5 Å². The number of thiazole rings is 1. The molecule has 104 valence electrons. The Labute approximate surface area is 115 Å². The van der Waals surface area contributed by atoms with Crippen molar-refractivity contribution in [3.05, 3.63) is 16.1 Å². The minimum atomic E-state index is -0.837. The number of rotatable bonds is 4. The van der Waals surface area contributed by atoms with Crippen LogP contribution in [0.5, 0.6) is 0 Å². The highest BCUT2D eigenvalue weighted by Crippen LogP contribution is 2.20. The van der Waals surface area contributed by atoms with E-state index in [2.05, 4.69) is 4.98 Å². The van der Waals surface area contributed by atoms with Crippen LogP contribution in [0, 0.1) is 5.92 Å². The number of likely N-dealkylation sites (tertiary alicyclic amines) is 1. The maximum absolute atomic E-state index is 12.2. The summed E-state index contributed by atoms with van der Waals surface area (Å²) in [5, 5.41) is 11.5. The number of hydrogen-bond acceptors (Lipinski definition) is 5. The van der Waals surface area contributed by atoms with E-state index < -0.39 is 11.9 Å². The number of carbonyl (C=O) groups is 2. The van der Waals surface area contributed by atoms with Gasteiger partial charge in [-0.2, -0.15) is 0 Å². The van der Waals surface area contributed by atoms with Crippen molar-refractivity contribution in [1.29, 1.82) is 0 Å². The molecule has 1 aliphatic heterocycles. The lowest BCUT2D eigenvalue weighted by Gasteiger charge is -2.30. The number of methoxy groups -OCH3 is 1. The predicted octanol–water partition coefficient (Wildman–Crippen LogP) is 1.23. The van der Waals surface area contributed by atoms with Crippen molar-refractivity contribution < 1.29 is 19.4 Å². The molecule has 1 fully saturated rings. The van der Waals surface area contributed by atoms with Gasteiger partial charge in [-0.25, -0.2) is 4.98 Å². The Bertz CT molecular complexity index is 474. The van der Waals surface area contributed by atoms with Gasteiger partial charge in [-0.15, -0.1) is 11.3 Å². The van der Waals surface area contributed by atoms with Gasteiger partial charge in [0.2, 0.25) is 0 Å². The number of ether oxygens (including phenoxy) is 1. The summed E-state index contributed by atoms with van der Waals surface area (Å²) in [6, 6.07) is 0. The van der Waals surface area contributed by atoms with E-state index in [1.807, 2.05) is 0 Å². The first-order valence-corrected chi connectivity index (χ1v) is 6.95. The van der Waals surface area contributed by atoms with Gasteiger partial charge in [-0.05, 0) is 12.8 Å². The van der Waals surface area contributed by atoms with E-state index in [1.54, 1.807) is 17.4 Å². The van der Waals surface area contributed by atoms with E-state index in [4.69, 9.17) is 9.84 Å². The third-order valence-electron chi connectivity index (χ3n) is 3.10. The first kappa shape index (κ1) is 14.0. The molecule has 2 rings (SSSR count). The van der Waals surface area contributed by atoms with Crippen LogP contribution in [0.2, 0.25) is 0 Å². The van der Waals surface area contributed by atoms with Crippen LogP contribution in [0.1, 0.15) is 28.3 Å². The third kappa shape index (κ3) is 3.30. The summed E-state index contributed by atoms with van der Waals surface area (Å²) in [7, 11) is 1.57. The molecule has 1 aliphatic rings. The fourth-order valence-electron chi connectivity index (χ4n) is 2.12. The normalized spacial score (nSPS) is 19.4. The highest BCUT2D eigenvalue weighted by Gasteiger charge is 2.29. The molecule has 0 bridgehead atoms. The summed E-state index contributed by atoms with van der Waals surface area (Å²) >= 11 is 1.37. The van der Waals surface area contributed by atoms with Crippen molar-refractivity contribution >= 4 is 23.2 Å². The van der Waals surface area contributed by atoms with Gasteiger partial charge in [0.1, 0.15) is 10.7 Å². The van der Waals surface area contributed by atoms with Crippen LogP contribution in [0.15, 0.2) is 5.38 Å². The molecule has 6 nitrogen and oxygen atoms in total. The number of nitrogens with zero attached hydrogens (tertiary/aromatic N) is 2. The second kappa shape index (κ2) is 6.12. The maximum Gasteiger partial charge on any atom is 0.308 e. The average molecular weight is 284 g/mol.